The van der Waals surface area contributed by atoms with Crippen molar-refractivity contribution in [2.75, 3.05) is 7.11 Å². The molecular formula is C19H19FO4. The van der Waals surface area contributed by atoms with Gasteiger partial charge in [0, 0.05) is 18.4 Å². The number of rotatable bonds is 8. The number of hydrogen-bond donors (Lipinski definition) is 0. The van der Waals surface area contributed by atoms with E-state index in [9.17, 15) is 14.0 Å². The number of ether oxygens (including phenoxy) is 2. The first kappa shape index (κ1) is 17.7. The molecule has 0 saturated carbocycles. The van der Waals surface area contributed by atoms with Crippen molar-refractivity contribution in [1.29, 1.82) is 0 Å². The van der Waals surface area contributed by atoms with Crippen LogP contribution in [0.5, 0.6) is 5.75 Å². The molecule has 0 amide bonds. The van der Waals surface area contributed by atoms with Crippen LogP contribution in [0.3, 0.4) is 0 Å². The molecular weight excluding hydrogens is 311 g/mol. The standard InChI is InChI=1S/C19H19FO4/c1-23-19(22)10-4-9-18(21)15-6-3-8-17(12-15)24-13-14-5-2-7-16(20)11-14/h2-3,5-8,11-12H,4,9-10,13H2,1H3. The Labute approximate surface area is 140 Å². The third-order valence-electron chi connectivity index (χ3n) is 3.46. The van der Waals surface area contributed by atoms with Gasteiger partial charge in [-0.3, -0.25) is 9.59 Å². The topological polar surface area (TPSA) is 52.6 Å². The fourth-order valence-electron chi connectivity index (χ4n) is 2.19. The molecule has 126 valence electrons. The molecule has 2 aromatic carbocycles. The summed E-state index contributed by atoms with van der Waals surface area (Å²) in [7, 11) is 1.32. The Balaban J connectivity index is 1.90. The smallest absolute Gasteiger partial charge is 0.305 e. The molecule has 0 N–H and O–H groups in total. The zero-order valence-electron chi connectivity index (χ0n) is 13.5. The Morgan fingerprint density at radius 1 is 1.04 bits per heavy atom. The lowest BCUT2D eigenvalue weighted by Gasteiger charge is -2.08. The number of ketones is 1. The summed E-state index contributed by atoms with van der Waals surface area (Å²) in [5.74, 6) is -0.159. The maximum Gasteiger partial charge on any atom is 0.305 e. The second-order valence-corrected chi connectivity index (χ2v) is 5.30. The number of benzene rings is 2. The highest BCUT2D eigenvalue weighted by Crippen LogP contribution is 2.17. The van der Waals surface area contributed by atoms with Gasteiger partial charge in [0.05, 0.1) is 7.11 Å². The van der Waals surface area contributed by atoms with Crippen molar-refractivity contribution in [3.05, 3.63) is 65.5 Å². The van der Waals surface area contributed by atoms with Gasteiger partial charge in [0.15, 0.2) is 5.78 Å². The molecule has 24 heavy (non-hydrogen) atoms. The van der Waals surface area contributed by atoms with Crippen LogP contribution >= 0.6 is 0 Å². The lowest BCUT2D eigenvalue weighted by molar-refractivity contribution is -0.140. The van der Waals surface area contributed by atoms with E-state index in [-0.39, 0.29) is 37.0 Å². The number of carbonyl (C=O) groups excluding carboxylic acids is 2. The molecule has 0 unspecified atom stereocenters. The van der Waals surface area contributed by atoms with Crippen LogP contribution in [0.4, 0.5) is 4.39 Å². The predicted octanol–water partition coefficient (Wildman–Crippen LogP) is 3.93. The first-order chi connectivity index (χ1) is 11.6. The molecule has 0 heterocycles. The minimum Gasteiger partial charge on any atom is -0.489 e. The Morgan fingerprint density at radius 2 is 1.83 bits per heavy atom. The molecule has 0 fully saturated rings. The molecule has 0 aromatic heterocycles. The van der Waals surface area contributed by atoms with Gasteiger partial charge in [-0.1, -0.05) is 24.3 Å². The van der Waals surface area contributed by atoms with Crippen LogP contribution in [0.1, 0.15) is 35.2 Å². The maximum absolute atomic E-state index is 13.1. The van der Waals surface area contributed by atoms with Gasteiger partial charge in [-0.2, -0.15) is 0 Å². The van der Waals surface area contributed by atoms with Gasteiger partial charge >= 0.3 is 5.97 Å². The van der Waals surface area contributed by atoms with E-state index in [4.69, 9.17) is 4.74 Å². The summed E-state index contributed by atoms with van der Waals surface area (Å²) in [4.78, 5) is 23.2. The lowest BCUT2D eigenvalue weighted by atomic mass is 10.1. The van der Waals surface area contributed by atoms with E-state index in [2.05, 4.69) is 4.74 Å². The molecule has 0 aliphatic carbocycles. The first-order valence-corrected chi connectivity index (χ1v) is 7.66. The summed E-state index contributed by atoms with van der Waals surface area (Å²) >= 11 is 0. The van der Waals surface area contributed by atoms with Crippen LogP contribution in [0, 0.1) is 5.82 Å². The van der Waals surface area contributed by atoms with Crippen LogP contribution in [0.15, 0.2) is 48.5 Å². The van der Waals surface area contributed by atoms with E-state index < -0.39 is 0 Å². The van der Waals surface area contributed by atoms with Crippen LogP contribution in [0.25, 0.3) is 0 Å². The van der Waals surface area contributed by atoms with Crippen molar-refractivity contribution in [3.8, 4) is 5.75 Å². The summed E-state index contributed by atoms with van der Waals surface area (Å²) in [6, 6.07) is 13.0. The average molecular weight is 330 g/mol. The highest BCUT2D eigenvalue weighted by Gasteiger charge is 2.09. The molecule has 4 nitrogen and oxygen atoms in total. The van der Waals surface area contributed by atoms with Crippen molar-refractivity contribution in [1.82, 2.24) is 0 Å². The molecule has 0 radical (unpaired) electrons. The normalized spacial score (nSPS) is 10.2. The van der Waals surface area contributed by atoms with E-state index in [0.717, 1.165) is 0 Å². The average Bonchev–Trinajstić information content (AvgIpc) is 2.60. The van der Waals surface area contributed by atoms with E-state index >= 15 is 0 Å². The summed E-state index contributed by atoms with van der Waals surface area (Å²) in [6.07, 6.45) is 0.931. The van der Waals surface area contributed by atoms with E-state index in [1.807, 2.05) is 0 Å². The van der Waals surface area contributed by atoms with E-state index in [1.54, 1.807) is 36.4 Å². The molecule has 2 aromatic rings. The highest BCUT2D eigenvalue weighted by atomic mass is 19.1. The SMILES string of the molecule is COC(=O)CCCC(=O)c1cccc(OCc2cccc(F)c2)c1. The third-order valence-corrected chi connectivity index (χ3v) is 3.46. The molecule has 5 heteroatoms. The largest absolute Gasteiger partial charge is 0.489 e. The van der Waals surface area contributed by atoms with Gasteiger partial charge in [0.2, 0.25) is 0 Å². The minimum absolute atomic E-state index is 0.0601. The monoisotopic (exact) mass is 330 g/mol. The van der Waals surface area contributed by atoms with Crippen molar-refractivity contribution < 1.29 is 23.5 Å². The fourth-order valence-corrected chi connectivity index (χ4v) is 2.19. The number of hydrogen-bond acceptors (Lipinski definition) is 4. The van der Waals surface area contributed by atoms with Crippen LogP contribution in [0.2, 0.25) is 0 Å². The van der Waals surface area contributed by atoms with Gasteiger partial charge < -0.3 is 9.47 Å². The maximum atomic E-state index is 13.1. The van der Waals surface area contributed by atoms with Gasteiger partial charge in [0.1, 0.15) is 18.2 Å². The Bertz CT molecular complexity index is 712. The summed E-state index contributed by atoms with van der Waals surface area (Å²) in [5.41, 5.74) is 1.24. The van der Waals surface area contributed by atoms with Crippen molar-refractivity contribution in [3.63, 3.8) is 0 Å². The zero-order chi connectivity index (χ0) is 17.4. The van der Waals surface area contributed by atoms with E-state index in [1.165, 1.54) is 19.2 Å². The third kappa shape index (κ3) is 5.50. The zero-order valence-corrected chi connectivity index (χ0v) is 13.5. The second-order valence-electron chi connectivity index (χ2n) is 5.30. The number of methoxy groups -OCH3 is 1. The number of carbonyl (C=O) groups is 2. The van der Waals surface area contributed by atoms with Crippen molar-refractivity contribution >= 4 is 11.8 Å². The Hall–Kier alpha value is -2.69. The summed E-state index contributed by atoms with van der Waals surface area (Å²) < 4.78 is 23.3. The molecule has 0 spiro atoms. The summed E-state index contributed by atoms with van der Waals surface area (Å²) in [5, 5.41) is 0. The fraction of sp³-hybridized carbons (Fsp3) is 0.263. The predicted molar refractivity (Wildman–Crippen MR) is 87.4 cm³/mol. The molecule has 0 bridgehead atoms. The molecule has 0 aliphatic rings. The van der Waals surface area contributed by atoms with Crippen molar-refractivity contribution in [2.24, 2.45) is 0 Å². The second kappa shape index (κ2) is 8.82. The summed E-state index contributed by atoms with van der Waals surface area (Å²) in [6.45, 7) is 0.220. The molecule has 2 rings (SSSR count). The van der Waals surface area contributed by atoms with Gasteiger partial charge in [0.25, 0.3) is 0 Å². The van der Waals surface area contributed by atoms with Gasteiger partial charge in [-0.15, -0.1) is 0 Å². The highest BCUT2D eigenvalue weighted by molar-refractivity contribution is 5.96. The van der Waals surface area contributed by atoms with Crippen LogP contribution in [-0.2, 0) is 16.1 Å². The Kier molecular flexibility index (Phi) is 6.49. The number of halogens is 1. The van der Waals surface area contributed by atoms with Gasteiger partial charge in [-0.05, 0) is 36.2 Å². The van der Waals surface area contributed by atoms with Crippen LogP contribution in [-0.4, -0.2) is 18.9 Å². The quantitative estimate of drug-likeness (QED) is 0.543. The molecule has 0 saturated heterocycles. The van der Waals surface area contributed by atoms with E-state index in [0.29, 0.717) is 23.3 Å². The van der Waals surface area contributed by atoms with Crippen LogP contribution < -0.4 is 4.74 Å². The minimum atomic E-state index is -0.324. The number of Topliss-reactive ketones (excluding diaryl/α,β-unsaturated/α-hetero) is 1. The van der Waals surface area contributed by atoms with Gasteiger partial charge in [-0.25, -0.2) is 4.39 Å². The first-order valence-electron chi connectivity index (χ1n) is 7.66. The molecule has 0 atom stereocenters. The van der Waals surface area contributed by atoms with Crippen molar-refractivity contribution in [2.45, 2.75) is 25.9 Å². The number of esters is 1. The Morgan fingerprint density at radius 3 is 2.58 bits per heavy atom. The molecule has 0 aliphatic heterocycles. The lowest BCUT2D eigenvalue weighted by Crippen LogP contribution is -2.04.